The number of rotatable bonds is 12. The van der Waals surface area contributed by atoms with Gasteiger partial charge in [0.05, 0.1) is 0 Å². The van der Waals surface area contributed by atoms with Crippen molar-refractivity contribution in [3.63, 3.8) is 0 Å². The monoisotopic (exact) mass is 514 g/mol. The zero-order chi connectivity index (χ0) is 26.8. The molecule has 0 N–H and O–H groups in total. The van der Waals surface area contributed by atoms with Gasteiger partial charge in [0.15, 0.2) is 0 Å². The van der Waals surface area contributed by atoms with Crippen molar-refractivity contribution in [1.82, 2.24) is 0 Å². The van der Waals surface area contributed by atoms with Crippen LogP contribution in [0.4, 0.5) is 0 Å². The van der Waals surface area contributed by atoms with E-state index in [9.17, 15) is 0 Å². The molecule has 0 aliphatic carbocycles. The molecule has 0 bridgehead atoms. The van der Waals surface area contributed by atoms with E-state index < -0.39 is 0 Å². The molecule has 0 atom stereocenters. The molecule has 0 saturated heterocycles. The highest BCUT2D eigenvalue weighted by molar-refractivity contribution is 6.30. The second-order valence-corrected chi connectivity index (χ2v) is 9.86. The minimum absolute atomic E-state index is 0.767. The van der Waals surface area contributed by atoms with Gasteiger partial charge in [0, 0.05) is 41.0 Å². The maximum absolute atomic E-state index is 5.78. The van der Waals surface area contributed by atoms with E-state index in [-0.39, 0.29) is 0 Å². The molecule has 2 rings (SSSR count). The van der Waals surface area contributed by atoms with Gasteiger partial charge in [0.25, 0.3) is 0 Å². The molecular formula is C36H47Cl. The van der Waals surface area contributed by atoms with Gasteiger partial charge in [-0.3, -0.25) is 0 Å². The smallest absolute Gasteiger partial charge is 0.0406 e. The molecular weight excluding hydrogens is 468 g/mol. The van der Waals surface area contributed by atoms with Crippen molar-refractivity contribution in [2.45, 2.75) is 117 Å². The summed E-state index contributed by atoms with van der Waals surface area (Å²) in [7, 11) is 0. The van der Waals surface area contributed by atoms with E-state index in [0.717, 1.165) is 41.0 Å². The number of hydrogen-bond donors (Lipinski definition) is 0. The molecule has 0 unspecified atom stereocenters. The van der Waals surface area contributed by atoms with E-state index in [0.29, 0.717) is 0 Å². The van der Waals surface area contributed by atoms with Gasteiger partial charge in [-0.2, -0.15) is 0 Å². The molecule has 0 amide bonds. The second-order valence-electron chi connectivity index (χ2n) is 9.42. The Morgan fingerprint density at radius 1 is 0.432 bits per heavy atom. The zero-order valence-electron chi connectivity index (χ0n) is 23.6. The lowest BCUT2D eigenvalue weighted by Gasteiger charge is -1.94. The number of halogens is 1. The predicted molar refractivity (Wildman–Crippen MR) is 165 cm³/mol. The standard InChI is InChI=1S/C22H30.C14H17Cl/c1-3-5-7-9-11-13-15-21-17-19-22(20-18-21)16-14-12-10-8-6-4-2;1-2-3-4-5-6-7-8-13-9-11-14(15)12-10-13/h17-20H,3-12H2,1-2H3;9-12H,2-6H2,1H3. The van der Waals surface area contributed by atoms with Crippen molar-refractivity contribution in [1.29, 1.82) is 0 Å². The SMILES string of the molecule is CCCCCCC#Cc1ccc(C#CCCCCCC)cc1.CCCCCCC#Cc1ccc(Cl)cc1. The van der Waals surface area contributed by atoms with Crippen LogP contribution in [0.5, 0.6) is 0 Å². The van der Waals surface area contributed by atoms with Crippen LogP contribution < -0.4 is 0 Å². The van der Waals surface area contributed by atoms with E-state index >= 15 is 0 Å². The highest BCUT2D eigenvalue weighted by Crippen LogP contribution is 2.09. The molecule has 37 heavy (non-hydrogen) atoms. The van der Waals surface area contributed by atoms with Gasteiger partial charge in [0.2, 0.25) is 0 Å². The van der Waals surface area contributed by atoms with Crippen molar-refractivity contribution in [2.24, 2.45) is 0 Å². The molecule has 0 saturated carbocycles. The number of unbranched alkanes of at least 4 members (excludes halogenated alkanes) is 12. The highest BCUT2D eigenvalue weighted by Gasteiger charge is 1.90. The Labute approximate surface area is 234 Å². The van der Waals surface area contributed by atoms with Gasteiger partial charge in [0.1, 0.15) is 0 Å². The Balaban J connectivity index is 0.000000397. The first kappa shape index (κ1) is 32.4. The first-order valence-corrected chi connectivity index (χ1v) is 14.9. The topological polar surface area (TPSA) is 0 Å². The molecule has 0 aromatic heterocycles. The summed E-state index contributed by atoms with van der Waals surface area (Å²) in [5, 5.41) is 0.767. The molecule has 2 aromatic rings. The molecule has 2 aromatic carbocycles. The first-order valence-electron chi connectivity index (χ1n) is 14.5. The number of benzene rings is 2. The van der Waals surface area contributed by atoms with Crippen LogP contribution in [-0.2, 0) is 0 Å². The van der Waals surface area contributed by atoms with Gasteiger partial charge >= 0.3 is 0 Å². The molecule has 0 radical (unpaired) electrons. The first-order chi connectivity index (χ1) is 18.2. The van der Waals surface area contributed by atoms with Crippen LogP contribution >= 0.6 is 11.6 Å². The van der Waals surface area contributed by atoms with Crippen LogP contribution in [0.15, 0.2) is 48.5 Å². The Hall–Kier alpha value is -2.59. The summed E-state index contributed by atoms with van der Waals surface area (Å²) in [6.45, 7) is 6.70. The highest BCUT2D eigenvalue weighted by atomic mass is 35.5. The Morgan fingerprint density at radius 2 is 0.730 bits per heavy atom. The van der Waals surface area contributed by atoms with E-state index in [1.807, 2.05) is 24.3 Å². The van der Waals surface area contributed by atoms with Crippen molar-refractivity contribution in [3.8, 4) is 35.5 Å². The lowest BCUT2D eigenvalue weighted by Crippen LogP contribution is -1.79. The molecule has 0 aliphatic heterocycles. The fourth-order valence-corrected chi connectivity index (χ4v) is 3.71. The summed E-state index contributed by atoms with van der Waals surface area (Å²) in [4.78, 5) is 0. The summed E-state index contributed by atoms with van der Waals surface area (Å²) in [5.74, 6) is 19.3. The summed E-state index contributed by atoms with van der Waals surface area (Å²) < 4.78 is 0. The Bertz CT molecular complexity index is 946. The van der Waals surface area contributed by atoms with Crippen LogP contribution in [0.25, 0.3) is 0 Å². The molecule has 0 aliphatic rings. The lowest BCUT2D eigenvalue weighted by atomic mass is 10.1. The minimum atomic E-state index is 0.767. The fourth-order valence-electron chi connectivity index (χ4n) is 3.58. The van der Waals surface area contributed by atoms with Gasteiger partial charge in [-0.1, -0.05) is 126 Å². The van der Waals surface area contributed by atoms with Crippen LogP contribution in [-0.4, -0.2) is 0 Å². The predicted octanol–water partition coefficient (Wildman–Crippen LogP) is 11.0. The Morgan fingerprint density at radius 3 is 1.03 bits per heavy atom. The average Bonchev–Trinajstić information content (AvgIpc) is 2.92. The van der Waals surface area contributed by atoms with E-state index in [2.05, 4.69) is 80.6 Å². The summed E-state index contributed by atoms with van der Waals surface area (Å²) in [6.07, 6.45) is 18.4. The number of hydrogen-bond acceptors (Lipinski definition) is 0. The third kappa shape index (κ3) is 19.2. The van der Waals surface area contributed by atoms with E-state index in [1.54, 1.807) is 0 Å². The molecule has 198 valence electrons. The Kier molecular flexibility index (Phi) is 20.9. The molecule has 1 heteroatoms. The van der Waals surface area contributed by atoms with Crippen molar-refractivity contribution in [2.75, 3.05) is 0 Å². The second kappa shape index (κ2) is 23.8. The maximum Gasteiger partial charge on any atom is 0.0406 e. The third-order valence-electron chi connectivity index (χ3n) is 5.89. The molecule has 0 nitrogen and oxygen atoms in total. The molecule has 0 heterocycles. The van der Waals surface area contributed by atoms with E-state index in [1.165, 1.54) is 77.0 Å². The van der Waals surface area contributed by atoms with Gasteiger partial charge in [-0.25, -0.2) is 0 Å². The van der Waals surface area contributed by atoms with Gasteiger partial charge in [-0.15, -0.1) is 0 Å². The molecule has 0 spiro atoms. The maximum atomic E-state index is 5.78. The van der Waals surface area contributed by atoms with E-state index in [4.69, 9.17) is 11.6 Å². The van der Waals surface area contributed by atoms with Gasteiger partial charge < -0.3 is 0 Å². The third-order valence-corrected chi connectivity index (χ3v) is 6.15. The normalized spacial score (nSPS) is 9.51. The van der Waals surface area contributed by atoms with Crippen LogP contribution in [0.3, 0.4) is 0 Å². The van der Waals surface area contributed by atoms with Crippen LogP contribution in [0.2, 0.25) is 5.02 Å². The van der Waals surface area contributed by atoms with Gasteiger partial charge in [-0.05, 0) is 67.8 Å². The largest absolute Gasteiger partial charge is 0.0979 e. The summed E-state index contributed by atoms with van der Waals surface area (Å²) >= 11 is 5.78. The quantitative estimate of drug-likeness (QED) is 0.195. The summed E-state index contributed by atoms with van der Waals surface area (Å²) in [5.41, 5.74) is 3.25. The van der Waals surface area contributed by atoms with Crippen molar-refractivity contribution >= 4 is 11.6 Å². The average molecular weight is 515 g/mol. The fraction of sp³-hybridized carbons (Fsp3) is 0.500. The van der Waals surface area contributed by atoms with Crippen LogP contribution in [0, 0.1) is 35.5 Å². The van der Waals surface area contributed by atoms with Crippen molar-refractivity contribution in [3.05, 3.63) is 70.2 Å². The zero-order valence-corrected chi connectivity index (χ0v) is 24.4. The summed E-state index contributed by atoms with van der Waals surface area (Å²) in [6, 6.07) is 16.0. The lowest BCUT2D eigenvalue weighted by molar-refractivity contribution is 0.679. The minimum Gasteiger partial charge on any atom is -0.0979 e. The molecule has 0 fully saturated rings. The van der Waals surface area contributed by atoms with Crippen LogP contribution in [0.1, 0.15) is 134 Å². The van der Waals surface area contributed by atoms with Crippen molar-refractivity contribution < 1.29 is 0 Å².